The van der Waals surface area contributed by atoms with Gasteiger partial charge in [0.2, 0.25) is 0 Å². The molecule has 6 rings (SSSR count). The second-order valence-electron chi connectivity index (χ2n) is 14.7. The molecule has 0 radical (unpaired) electrons. The molecule has 0 N–H and O–H groups in total. The van der Waals surface area contributed by atoms with Gasteiger partial charge in [-0.05, 0) is 0 Å². The Kier molecular flexibility index (Phi) is 12.4. The van der Waals surface area contributed by atoms with Crippen molar-refractivity contribution in [3.05, 3.63) is 129 Å². The van der Waals surface area contributed by atoms with E-state index in [2.05, 4.69) is 125 Å². The van der Waals surface area contributed by atoms with E-state index < -0.39 is 5.92 Å². The summed E-state index contributed by atoms with van der Waals surface area (Å²) in [5.41, 5.74) is 17.9. The van der Waals surface area contributed by atoms with Crippen molar-refractivity contribution in [2.45, 2.75) is 116 Å². The minimum absolute atomic E-state index is 0.611. The van der Waals surface area contributed by atoms with Crippen molar-refractivity contribution >= 4 is 18.1 Å². The van der Waals surface area contributed by atoms with Crippen LogP contribution in [-0.2, 0) is 23.9 Å². The topological polar surface area (TPSA) is 0 Å². The molecule has 2 aliphatic carbocycles. The first-order chi connectivity index (χ1) is 23.5. The van der Waals surface area contributed by atoms with Crippen LogP contribution >= 0.6 is 0 Å². The first-order valence-corrected chi connectivity index (χ1v) is 25.5. The van der Waals surface area contributed by atoms with Gasteiger partial charge in [-0.3, -0.25) is 0 Å². The number of hydrogen-bond donors (Lipinski definition) is 0. The number of aryl methyl sites for hydroxylation is 2. The van der Waals surface area contributed by atoms with Crippen molar-refractivity contribution in [1.29, 1.82) is 0 Å². The molecule has 2 heteroatoms. The molecule has 2 atom stereocenters. The molecular formula is C46H55SiZr. The van der Waals surface area contributed by atoms with Crippen LogP contribution in [0.4, 0.5) is 0 Å². The van der Waals surface area contributed by atoms with Gasteiger partial charge in [-0.2, -0.15) is 0 Å². The van der Waals surface area contributed by atoms with Crippen LogP contribution in [0.5, 0.6) is 0 Å². The molecule has 0 spiro atoms. The van der Waals surface area contributed by atoms with Gasteiger partial charge < -0.3 is 0 Å². The van der Waals surface area contributed by atoms with Crippen molar-refractivity contribution in [1.82, 2.24) is 0 Å². The maximum atomic E-state index is 2.64. The van der Waals surface area contributed by atoms with E-state index in [-0.39, 0.29) is 0 Å². The number of rotatable bonds is 16. The van der Waals surface area contributed by atoms with Crippen LogP contribution in [0.2, 0.25) is 12.1 Å². The third-order valence-electron chi connectivity index (χ3n) is 11.0. The fraction of sp³-hybridized carbons (Fsp3) is 0.391. The first-order valence-electron chi connectivity index (χ1n) is 19.0. The van der Waals surface area contributed by atoms with E-state index in [1.165, 1.54) is 121 Å². The van der Waals surface area contributed by atoms with Crippen LogP contribution in [0, 0.1) is 13.8 Å². The summed E-state index contributed by atoms with van der Waals surface area (Å²) < 4.78 is 0. The number of hydrogen-bond acceptors (Lipinski definition) is 0. The van der Waals surface area contributed by atoms with Crippen LogP contribution in [0.25, 0.3) is 34.4 Å². The van der Waals surface area contributed by atoms with Gasteiger partial charge in [0.1, 0.15) is 0 Å². The fourth-order valence-corrected chi connectivity index (χ4v) is 14.2. The van der Waals surface area contributed by atoms with E-state index >= 15 is 0 Å². The summed E-state index contributed by atoms with van der Waals surface area (Å²) in [6.45, 7) is 9.04. The molecule has 2 unspecified atom stereocenters. The summed E-state index contributed by atoms with van der Waals surface area (Å²) in [6.07, 6.45) is 18.5. The monoisotopic (exact) mass is 725 g/mol. The van der Waals surface area contributed by atoms with Gasteiger partial charge in [0, 0.05) is 0 Å². The zero-order valence-corrected chi connectivity index (χ0v) is 33.6. The summed E-state index contributed by atoms with van der Waals surface area (Å²) in [4.78, 5) is 0. The molecule has 0 amide bonds. The van der Waals surface area contributed by atoms with E-state index in [0.29, 0.717) is 11.8 Å². The van der Waals surface area contributed by atoms with Gasteiger partial charge in [0.05, 0.1) is 0 Å². The quantitative estimate of drug-likeness (QED) is 0.0796. The molecule has 0 aromatic heterocycles. The predicted octanol–water partition coefficient (Wildman–Crippen LogP) is 13.5. The number of benzene rings is 4. The average molecular weight is 727 g/mol. The number of unbranched alkanes of at least 4 members (excludes halogenated alkanes) is 6. The molecular weight excluding hydrogens is 672 g/mol. The molecule has 2 aliphatic rings. The summed E-state index contributed by atoms with van der Waals surface area (Å²) in [5.74, 6) is 0.240. The molecule has 0 saturated heterocycles. The van der Waals surface area contributed by atoms with Gasteiger partial charge in [0.15, 0.2) is 0 Å². The Labute approximate surface area is 307 Å². The van der Waals surface area contributed by atoms with Gasteiger partial charge >= 0.3 is 309 Å². The molecule has 0 nitrogen and oxygen atoms in total. The van der Waals surface area contributed by atoms with Crippen LogP contribution in [0.3, 0.4) is 0 Å². The van der Waals surface area contributed by atoms with Crippen molar-refractivity contribution in [3.8, 4) is 22.3 Å². The Morgan fingerprint density at radius 1 is 0.521 bits per heavy atom. The Balaban J connectivity index is 1.27. The van der Waals surface area contributed by atoms with Crippen molar-refractivity contribution in [2.75, 3.05) is 0 Å². The van der Waals surface area contributed by atoms with E-state index in [9.17, 15) is 0 Å². The standard InChI is InChI=1S/C46H55Si.Zr/c1-5-7-9-11-15-37-29-43-39(35-25-21-33(3)22-26-35)17-13-19-41(43)45(37)31-47-32-46-38(16-12-10-8-6-2)30-44-40(18-14-20-42(44)46)36-27-23-34(4)24-28-36;/h13-14,17-30,45-47H,5-12,15-16,31-32H2,1-4H3;. The van der Waals surface area contributed by atoms with Crippen molar-refractivity contribution in [3.63, 3.8) is 0 Å². The number of allylic oxidation sites excluding steroid dienone is 2. The van der Waals surface area contributed by atoms with Crippen LogP contribution in [0.1, 0.15) is 123 Å². The summed E-state index contributed by atoms with van der Waals surface area (Å²) in [7, 11) is 0. The summed E-state index contributed by atoms with van der Waals surface area (Å²) >= 11 is 1.83. The Morgan fingerprint density at radius 2 is 0.938 bits per heavy atom. The minimum atomic E-state index is -0.982. The average Bonchev–Trinajstić information content (AvgIpc) is 3.63. The van der Waals surface area contributed by atoms with E-state index in [1.807, 2.05) is 23.9 Å². The number of fused-ring (bicyclic) bond motifs is 2. The zero-order valence-electron chi connectivity index (χ0n) is 30.0. The third kappa shape index (κ3) is 8.25. The van der Waals surface area contributed by atoms with Crippen LogP contribution in [-0.4, -0.2) is 5.92 Å². The van der Waals surface area contributed by atoms with Gasteiger partial charge in [0.25, 0.3) is 0 Å². The van der Waals surface area contributed by atoms with Crippen molar-refractivity contribution < 1.29 is 23.9 Å². The first kappa shape index (κ1) is 35.3. The van der Waals surface area contributed by atoms with Crippen molar-refractivity contribution in [2.24, 2.45) is 0 Å². The van der Waals surface area contributed by atoms with Crippen LogP contribution in [0.15, 0.2) is 96.1 Å². The zero-order chi connectivity index (χ0) is 33.5. The molecule has 4 aromatic rings. The second-order valence-corrected chi connectivity index (χ2v) is 23.0. The maximum absolute atomic E-state index is 2.64. The summed E-state index contributed by atoms with van der Waals surface area (Å²) in [6, 6.07) is 35.6. The van der Waals surface area contributed by atoms with E-state index in [0.717, 1.165) is 0 Å². The molecule has 4 aromatic carbocycles. The molecule has 0 saturated carbocycles. The fourth-order valence-electron chi connectivity index (χ4n) is 8.26. The predicted molar refractivity (Wildman–Crippen MR) is 209 cm³/mol. The molecule has 0 heterocycles. The molecule has 247 valence electrons. The third-order valence-corrected chi connectivity index (χ3v) is 16.5. The Bertz CT molecular complexity index is 1600. The van der Waals surface area contributed by atoms with Gasteiger partial charge in [-0.1, -0.05) is 0 Å². The molecule has 0 fully saturated rings. The van der Waals surface area contributed by atoms with E-state index in [1.54, 1.807) is 22.3 Å². The second kappa shape index (κ2) is 16.9. The molecule has 0 bridgehead atoms. The van der Waals surface area contributed by atoms with Gasteiger partial charge in [-0.25, -0.2) is 0 Å². The molecule has 0 aliphatic heterocycles. The Hall–Kier alpha value is -2.54. The molecule has 48 heavy (non-hydrogen) atoms. The SMILES string of the molecule is CCCCCCC1=Cc2c(-c3ccc(C)cc3)cccc2C1C[SiH]([Zr])CC1C(CCCCCC)=Cc2c(-c3ccc(C)cc3)cccc21. The van der Waals surface area contributed by atoms with Gasteiger partial charge in [-0.15, -0.1) is 0 Å². The van der Waals surface area contributed by atoms with E-state index in [4.69, 9.17) is 0 Å². The normalized spacial score (nSPS) is 17.1. The summed E-state index contributed by atoms with van der Waals surface area (Å²) in [5, 5.41) is 0. The Morgan fingerprint density at radius 3 is 1.33 bits per heavy atom. The van der Waals surface area contributed by atoms with Crippen LogP contribution < -0.4 is 0 Å².